The third-order valence-corrected chi connectivity index (χ3v) is 7.37. The molecular formula is C20H32N2O2. The fourth-order valence-electron chi connectivity index (χ4n) is 5.77. The number of hydrogen-bond acceptors (Lipinski definition) is 4. The van der Waals surface area contributed by atoms with Crippen LogP contribution in [0.4, 0.5) is 0 Å². The van der Waals surface area contributed by atoms with Crippen molar-refractivity contribution < 1.29 is 9.53 Å². The number of likely N-dealkylation sites (N-methyl/N-ethyl adjacent to an activating group) is 1. The first-order chi connectivity index (χ1) is 11.5. The average Bonchev–Trinajstić information content (AvgIpc) is 2.82. The van der Waals surface area contributed by atoms with Gasteiger partial charge in [-0.15, -0.1) is 0 Å². The number of carbonyl (C=O) groups excluding carboxylic acids is 1. The molecule has 0 bridgehead atoms. The number of allylic oxidation sites excluding steroid dienone is 1. The zero-order chi connectivity index (χ0) is 16.9. The van der Waals surface area contributed by atoms with E-state index in [1.54, 1.807) is 0 Å². The molecule has 4 aliphatic rings. The molecule has 5 atom stereocenters. The summed E-state index contributed by atoms with van der Waals surface area (Å²) in [4.78, 5) is 17.4. The first-order valence-electron chi connectivity index (χ1n) is 9.75. The highest BCUT2D eigenvalue weighted by atomic mass is 16.6. The molecule has 2 saturated carbocycles. The van der Waals surface area contributed by atoms with Gasteiger partial charge in [0, 0.05) is 38.6 Å². The highest BCUT2D eigenvalue weighted by Crippen LogP contribution is 2.56. The van der Waals surface area contributed by atoms with Crippen LogP contribution in [0, 0.1) is 23.2 Å². The van der Waals surface area contributed by atoms with Crippen LogP contribution in [0.2, 0.25) is 0 Å². The minimum atomic E-state index is 0.0665. The minimum Gasteiger partial charge on any atom is -0.462 e. The van der Waals surface area contributed by atoms with Gasteiger partial charge in [0.2, 0.25) is 0 Å². The van der Waals surface area contributed by atoms with E-state index in [2.05, 4.69) is 30.4 Å². The molecule has 24 heavy (non-hydrogen) atoms. The molecule has 4 nitrogen and oxygen atoms in total. The SMILES string of the molecule is C=C1CCC[C@]2(C)C[C@H]3OC(=O)[C@@H](CN4CCN(C)CC4)[C@H]3C[C@@H]12. The van der Waals surface area contributed by atoms with Crippen LogP contribution < -0.4 is 0 Å². The number of fused-ring (bicyclic) bond motifs is 2. The number of ether oxygens (including phenoxy) is 1. The van der Waals surface area contributed by atoms with Crippen LogP contribution in [0.5, 0.6) is 0 Å². The molecule has 2 heterocycles. The summed E-state index contributed by atoms with van der Waals surface area (Å²) in [6.45, 7) is 12.0. The van der Waals surface area contributed by atoms with E-state index < -0.39 is 0 Å². The van der Waals surface area contributed by atoms with E-state index >= 15 is 0 Å². The van der Waals surface area contributed by atoms with Crippen LogP contribution in [0.15, 0.2) is 12.2 Å². The van der Waals surface area contributed by atoms with Gasteiger partial charge in [-0.1, -0.05) is 19.1 Å². The summed E-state index contributed by atoms with van der Waals surface area (Å²) in [5.74, 6) is 1.15. The van der Waals surface area contributed by atoms with Crippen molar-refractivity contribution in [3.05, 3.63) is 12.2 Å². The van der Waals surface area contributed by atoms with E-state index in [1.807, 2.05) is 0 Å². The number of hydrogen-bond donors (Lipinski definition) is 0. The van der Waals surface area contributed by atoms with E-state index in [4.69, 9.17) is 4.74 Å². The van der Waals surface area contributed by atoms with Gasteiger partial charge in [-0.05, 0) is 50.5 Å². The van der Waals surface area contributed by atoms with Gasteiger partial charge in [-0.2, -0.15) is 0 Å². The average molecular weight is 332 g/mol. The van der Waals surface area contributed by atoms with Crippen molar-refractivity contribution in [3.8, 4) is 0 Å². The maximum Gasteiger partial charge on any atom is 0.310 e. The second-order valence-corrected chi connectivity index (χ2v) is 9.01. The maximum atomic E-state index is 12.6. The Morgan fingerprint density at radius 3 is 2.79 bits per heavy atom. The number of piperazine rings is 1. The highest BCUT2D eigenvalue weighted by molar-refractivity contribution is 5.75. The van der Waals surface area contributed by atoms with Gasteiger partial charge in [0.15, 0.2) is 0 Å². The lowest BCUT2D eigenvalue weighted by Crippen LogP contribution is -2.49. The predicted molar refractivity (Wildman–Crippen MR) is 94.6 cm³/mol. The molecule has 2 saturated heterocycles. The molecule has 134 valence electrons. The van der Waals surface area contributed by atoms with Crippen LogP contribution in [0.3, 0.4) is 0 Å². The summed E-state index contributed by atoms with van der Waals surface area (Å²) in [6.07, 6.45) is 6.01. The molecule has 2 aliphatic heterocycles. The van der Waals surface area contributed by atoms with Crippen molar-refractivity contribution in [1.82, 2.24) is 9.80 Å². The molecule has 0 aromatic rings. The summed E-state index contributed by atoms with van der Waals surface area (Å²) in [7, 11) is 2.17. The molecule has 4 heteroatoms. The van der Waals surface area contributed by atoms with E-state index in [1.165, 1.54) is 24.8 Å². The number of carbonyl (C=O) groups is 1. The molecule has 0 radical (unpaired) electrons. The second kappa shape index (κ2) is 6.14. The monoisotopic (exact) mass is 332 g/mol. The van der Waals surface area contributed by atoms with Gasteiger partial charge in [0.1, 0.15) is 6.10 Å². The predicted octanol–water partition coefficient (Wildman–Crippen LogP) is 2.55. The van der Waals surface area contributed by atoms with Crippen LogP contribution in [0.25, 0.3) is 0 Å². The van der Waals surface area contributed by atoms with Gasteiger partial charge in [0.05, 0.1) is 5.92 Å². The minimum absolute atomic E-state index is 0.0665. The summed E-state index contributed by atoms with van der Waals surface area (Å²) >= 11 is 0. The van der Waals surface area contributed by atoms with Crippen molar-refractivity contribution >= 4 is 5.97 Å². The number of esters is 1. The molecular weight excluding hydrogens is 300 g/mol. The van der Waals surface area contributed by atoms with Crippen molar-refractivity contribution in [2.45, 2.75) is 45.1 Å². The van der Waals surface area contributed by atoms with Crippen molar-refractivity contribution in [3.63, 3.8) is 0 Å². The maximum absolute atomic E-state index is 12.6. The van der Waals surface area contributed by atoms with Crippen molar-refractivity contribution in [1.29, 1.82) is 0 Å². The Hall–Kier alpha value is -0.870. The highest BCUT2D eigenvalue weighted by Gasteiger charge is 2.55. The standard InChI is InChI=1S/C20H32N2O2/c1-14-5-4-6-20(2)12-18-15(11-17(14)20)16(19(23)24-18)13-22-9-7-21(3)8-10-22/h15-18H,1,4-13H2,2-3H3/t15-,16+,17+,18-,20-/m1/s1. The number of rotatable bonds is 2. The van der Waals surface area contributed by atoms with E-state index in [9.17, 15) is 4.79 Å². The molecule has 4 rings (SSSR count). The Morgan fingerprint density at radius 2 is 2.04 bits per heavy atom. The zero-order valence-electron chi connectivity index (χ0n) is 15.3. The summed E-state index contributed by atoms with van der Waals surface area (Å²) in [6, 6.07) is 0. The van der Waals surface area contributed by atoms with E-state index in [-0.39, 0.29) is 18.0 Å². The fraction of sp³-hybridized carbons (Fsp3) is 0.850. The van der Waals surface area contributed by atoms with E-state index in [0.717, 1.165) is 45.6 Å². The lowest BCUT2D eigenvalue weighted by molar-refractivity contribution is -0.146. The summed E-state index contributed by atoms with van der Waals surface area (Å²) < 4.78 is 5.88. The van der Waals surface area contributed by atoms with Crippen LogP contribution in [-0.2, 0) is 9.53 Å². The fourth-order valence-corrected chi connectivity index (χ4v) is 5.77. The van der Waals surface area contributed by atoms with Gasteiger partial charge < -0.3 is 9.64 Å². The molecule has 0 aromatic heterocycles. The topological polar surface area (TPSA) is 32.8 Å². The molecule has 4 fully saturated rings. The number of nitrogens with zero attached hydrogens (tertiary/aromatic N) is 2. The third kappa shape index (κ3) is 2.82. The van der Waals surface area contributed by atoms with Crippen LogP contribution in [0.1, 0.15) is 39.0 Å². The first kappa shape index (κ1) is 16.6. The summed E-state index contributed by atoms with van der Waals surface area (Å²) in [5.41, 5.74) is 1.74. The smallest absolute Gasteiger partial charge is 0.310 e. The molecule has 0 aromatic carbocycles. The molecule has 0 amide bonds. The molecule has 0 unspecified atom stereocenters. The van der Waals surface area contributed by atoms with Crippen molar-refractivity contribution in [2.75, 3.05) is 39.8 Å². The first-order valence-corrected chi connectivity index (χ1v) is 9.75. The van der Waals surface area contributed by atoms with Gasteiger partial charge in [0.25, 0.3) is 0 Å². The lowest BCUT2D eigenvalue weighted by atomic mass is 9.55. The molecule has 0 spiro atoms. The van der Waals surface area contributed by atoms with Crippen LogP contribution in [-0.4, -0.2) is 61.6 Å². The van der Waals surface area contributed by atoms with Gasteiger partial charge in [-0.25, -0.2) is 0 Å². The second-order valence-electron chi connectivity index (χ2n) is 9.01. The quantitative estimate of drug-likeness (QED) is 0.575. The zero-order valence-corrected chi connectivity index (χ0v) is 15.3. The Labute approximate surface area is 146 Å². The van der Waals surface area contributed by atoms with E-state index in [0.29, 0.717) is 17.3 Å². The summed E-state index contributed by atoms with van der Waals surface area (Å²) in [5, 5.41) is 0. The van der Waals surface area contributed by atoms with Gasteiger partial charge in [-0.3, -0.25) is 9.69 Å². The normalized spacial score (nSPS) is 44.1. The van der Waals surface area contributed by atoms with Gasteiger partial charge >= 0.3 is 5.97 Å². The largest absolute Gasteiger partial charge is 0.462 e. The van der Waals surface area contributed by atoms with Crippen molar-refractivity contribution in [2.24, 2.45) is 23.2 Å². The third-order valence-electron chi connectivity index (χ3n) is 7.37. The lowest BCUT2D eigenvalue weighted by Gasteiger charge is -2.50. The molecule has 2 aliphatic carbocycles. The Balaban J connectivity index is 1.47. The molecule has 0 N–H and O–H groups in total. The Bertz CT molecular complexity index is 526. The van der Waals surface area contributed by atoms with Crippen LogP contribution >= 0.6 is 0 Å². The Kier molecular flexibility index (Phi) is 4.24. The Morgan fingerprint density at radius 1 is 1.29 bits per heavy atom.